The van der Waals surface area contributed by atoms with Crippen molar-refractivity contribution in [3.8, 4) is 11.5 Å². The van der Waals surface area contributed by atoms with E-state index in [2.05, 4.69) is 22.8 Å². The summed E-state index contributed by atoms with van der Waals surface area (Å²) in [7, 11) is 3.05. The first kappa shape index (κ1) is 22.3. The number of hydrogen-bond acceptors (Lipinski definition) is 4. The second-order valence-corrected chi connectivity index (χ2v) is 7.18. The third-order valence-corrected chi connectivity index (χ3v) is 4.63. The third-order valence-electron chi connectivity index (χ3n) is 4.63. The molecule has 0 bridgehead atoms. The number of amides is 2. The number of carbonyl (C=O) groups excluding carboxylic acids is 2. The second kappa shape index (κ2) is 11.1. The summed E-state index contributed by atoms with van der Waals surface area (Å²) in [4.78, 5) is 25.3. The lowest BCUT2D eigenvalue weighted by Gasteiger charge is -2.22. The first-order valence-corrected chi connectivity index (χ1v) is 9.80. The van der Waals surface area contributed by atoms with Gasteiger partial charge < -0.3 is 20.1 Å². The van der Waals surface area contributed by atoms with Crippen LogP contribution in [-0.4, -0.2) is 38.6 Å². The van der Waals surface area contributed by atoms with E-state index in [0.29, 0.717) is 23.6 Å². The predicted octanol–water partition coefficient (Wildman–Crippen LogP) is 3.21. The molecule has 1 unspecified atom stereocenters. The molecule has 0 spiro atoms. The smallest absolute Gasteiger partial charge is 0.252 e. The summed E-state index contributed by atoms with van der Waals surface area (Å²) in [6.45, 7) is 4.36. The van der Waals surface area contributed by atoms with E-state index in [1.165, 1.54) is 19.8 Å². The second-order valence-electron chi connectivity index (χ2n) is 7.18. The van der Waals surface area contributed by atoms with E-state index >= 15 is 0 Å². The highest BCUT2D eigenvalue weighted by Crippen LogP contribution is 2.22. The molecule has 2 N–H and O–H groups in total. The standard InChI is InChI=1S/C23H30N2O4/c1-16(2)21(23(27)24-12-8-11-17-9-6-5-7-10-17)25-22(26)18-13-19(28-3)15-20(14-18)29-4/h5-7,9-10,13-16,21H,8,11-12H2,1-4H3,(H,24,27)(H,25,26). The quantitative estimate of drug-likeness (QED) is 0.603. The molecule has 0 aliphatic rings. The lowest BCUT2D eigenvalue weighted by molar-refractivity contribution is -0.123. The summed E-state index contributed by atoms with van der Waals surface area (Å²) in [5, 5.41) is 5.76. The number of methoxy groups -OCH3 is 2. The van der Waals surface area contributed by atoms with Gasteiger partial charge in [-0.2, -0.15) is 0 Å². The molecule has 0 fully saturated rings. The zero-order valence-corrected chi connectivity index (χ0v) is 17.5. The molecular weight excluding hydrogens is 368 g/mol. The van der Waals surface area contributed by atoms with Crippen molar-refractivity contribution in [1.82, 2.24) is 10.6 Å². The molecule has 0 saturated heterocycles. The number of benzene rings is 2. The molecule has 29 heavy (non-hydrogen) atoms. The van der Waals surface area contributed by atoms with Crippen LogP contribution < -0.4 is 20.1 Å². The summed E-state index contributed by atoms with van der Waals surface area (Å²) in [6, 6.07) is 14.4. The Hall–Kier alpha value is -3.02. The highest BCUT2D eigenvalue weighted by molar-refractivity contribution is 5.98. The molecule has 156 valence electrons. The van der Waals surface area contributed by atoms with Crippen molar-refractivity contribution < 1.29 is 19.1 Å². The van der Waals surface area contributed by atoms with Crippen molar-refractivity contribution in [2.24, 2.45) is 5.92 Å². The van der Waals surface area contributed by atoms with Gasteiger partial charge in [-0.25, -0.2) is 0 Å². The lowest BCUT2D eigenvalue weighted by Crippen LogP contribution is -2.49. The lowest BCUT2D eigenvalue weighted by atomic mass is 10.0. The van der Waals surface area contributed by atoms with E-state index in [-0.39, 0.29) is 17.7 Å². The summed E-state index contributed by atoms with van der Waals surface area (Å²) in [5.74, 6) is 0.444. The minimum atomic E-state index is -0.628. The van der Waals surface area contributed by atoms with Crippen LogP contribution in [0.15, 0.2) is 48.5 Å². The molecule has 0 radical (unpaired) electrons. The molecule has 0 saturated carbocycles. The number of nitrogens with one attached hydrogen (secondary N) is 2. The monoisotopic (exact) mass is 398 g/mol. The van der Waals surface area contributed by atoms with Crippen molar-refractivity contribution in [2.75, 3.05) is 20.8 Å². The van der Waals surface area contributed by atoms with Crippen LogP contribution in [0.3, 0.4) is 0 Å². The molecule has 0 aromatic heterocycles. The molecule has 0 heterocycles. The van der Waals surface area contributed by atoms with E-state index in [4.69, 9.17) is 9.47 Å². The van der Waals surface area contributed by atoms with Crippen molar-refractivity contribution in [1.29, 1.82) is 0 Å². The van der Waals surface area contributed by atoms with Crippen LogP contribution in [0.4, 0.5) is 0 Å². The van der Waals surface area contributed by atoms with Crippen LogP contribution in [-0.2, 0) is 11.2 Å². The Morgan fingerprint density at radius 3 is 2.14 bits per heavy atom. The predicted molar refractivity (Wildman–Crippen MR) is 113 cm³/mol. The largest absolute Gasteiger partial charge is 0.497 e. The van der Waals surface area contributed by atoms with E-state index < -0.39 is 6.04 Å². The summed E-state index contributed by atoms with van der Waals surface area (Å²) >= 11 is 0. The Labute approximate surface area is 172 Å². The van der Waals surface area contributed by atoms with E-state index in [9.17, 15) is 9.59 Å². The average Bonchev–Trinajstić information content (AvgIpc) is 2.74. The van der Waals surface area contributed by atoms with Gasteiger partial charge in [-0.1, -0.05) is 44.2 Å². The highest BCUT2D eigenvalue weighted by atomic mass is 16.5. The maximum absolute atomic E-state index is 12.7. The Morgan fingerprint density at radius 2 is 1.59 bits per heavy atom. The molecule has 6 nitrogen and oxygen atoms in total. The summed E-state index contributed by atoms with van der Waals surface area (Å²) in [5.41, 5.74) is 1.62. The van der Waals surface area contributed by atoms with Crippen molar-refractivity contribution in [3.63, 3.8) is 0 Å². The zero-order valence-electron chi connectivity index (χ0n) is 17.5. The van der Waals surface area contributed by atoms with Gasteiger partial charge in [-0.15, -0.1) is 0 Å². The number of hydrogen-bond donors (Lipinski definition) is 2. The first-order valence-electron chi connectivity index (χ1n) is 9.80. The Bertz CT molecular complexity index is 784. The van der Waals surface area contributed by atoms with Gasteiger partial charge in [0.05, 0.1) is 14.2 Å². The van der Waals surface area contributed by atoms with E-state index in [1.54, 1.807) is 18.2 Å². The number of aryl methyl sites for hydroxylation is 1. The van der Waals surface area contributed by atoms with Gasteiger partial charge in [0.2, 0.25) is 5.91 Å². The van der Waals surface area contributed by atoms with Crippen LogP contribution in [0.2, 0.25) is 0 Å². The maximum atomic E-state index is 12.7. The van der Waals surface area contributed by atoms with E-state index in [1.807, 2.05) is 32.0 Å². The molecule has 2 amide bonds. The van der Waals surface area contributed by atoms with Crippen LogP contribution in [0.1, 0.15) is 36.2 Å². The van der Waals surface area contributed by atoms with Crippen LogP contribution in [0, 0.1) is 5.92 Å². The Kier molecular flexibility index (Phi) is 8.52. The van der Waals surface area contributed by atoms with Crippen molar-refractivity contribution >= 4 is 11.8 Å². The average molecular weight is 399 g/mol. The molecule has 6 heteroatoms. The molecule has 2 aromatic rings. The fourth-order valence-corrected chi connectivity index (χ4v) is 2.96. The fourth-order valence-electron chi connectivity index (χ4n) is 2.96. The van der Waals surface area contributed by atoms with Crippen LogP contribution in [0.5, 0.6) is 11.5 Å². The van der Waals surface area contributed by atoms with Gasteiger partial charge in [0.25, 0.3) is 5.91 Å². The Balaban J connectivity index is 1.94. The molecular formula is C23H30N2O4. The van der Waals surface area contributed by atoms with Gasteiger partial charge in [0.1, 0.15) is 17.5 Å². The minimum absolute atomic E-state index is 0.0550. The maximum Gasteiger partial charge on any atom is 0.252 e. The normalized spacial score (nSPS) is 11.6. The summed E-state index contributed by atoms with van der Waals surface area (Å²) < 4.78 is 10.4. The van der Waals surface area contributed by atoms with Gasteiger partial charge in [-0.05, 0) is 36.5 Å². The first-order chi connectivity index (χ1) is 13.9. The topological polar surface area (TPSA) is 76.7 Å². The zero-order chi connectivity index (χ0) is 21.2. The van der Waals surface area contributed by atoms with E-state index in [0.717, 1.165) is 12.8 Å². The third kappa shape index (κ3) is 6.82. The van der Waals surface area contributed by atoms with Gasteiger partial charge in [0.15, 0.2) is 0 Å². The van der Waals surface area contributed by atoms with Gasteiger partial charge >= 0.3 is 0 Å². The summed E-state index contributed by atoms with van der Waals surface area (Å²) in [6.07, 6.45) is 1.73. The number of rotatable bonds is 10. The molecule has 2 aromatic carbocycles. The molecule has 1 atom stereocenters. The molecule has 0 aliphatic heterocycles. The van der Waals surface area contributed by atoms with Crippen molar-refractivity contribution in [2.45, 2.75) is 32.7 Å². The highest BCUT2D eigenvalue weighted by Gasteiger charge is 2.24. The van der Waals surface area contributed by atoms with Crippen LogP contribution in [0.25, 0.3) is 0 Å². The minimum Gasteiger partial charge on any atom is -0.497 e. The van der Waals surface area contributed by atoms with Crippen LogP contribution >= 0.6 is 0 Å². The number of carbonyl (C=O) groups is 2. The fraction of sp³-hybridized carbons (Fsp3) is 0.391. The Morgan fingerprint density at radius 1 is 0.966 bits per heavy atom. The van der Waals surface area contributed by atoms with Gasteiger partial charge in [0, 0.05) is 18.2 Å². The molecule has 2 rings (SSSR count). The van der Waals surface area contributed by atoms with Crippen molar-refractivity contribution in [3.05, 3.63) is 59.7 Å². The number of ether oxygens (including phenoxy) is 2. The van der Waals surface area contributed by atoms with Gasteiger partial charge in [-0.3, -0.25) is 9.59 Å². The molecule has 0 aliphatic carbocycles. The SMILES string of the molecule is COc1cc(OC)cc(C(=O)NC(C(=O)NCCCc2ccccc2)C(C)C)c1.